The molecule has 0 spiro atoms. The molecule has 0 N–H and O–H groups in total. The molecule has 184 valence electrons. The zero-order valence-electron chi connectivity index (χ0n) is 20.4. The number of hydrogen-bond donors (Lipinski definition) is 0. The number of ether oxygens (including phenoxy) is 1. The molecule has 1 aromatic rings. The van der Waals surface area contributed by atoms with E-state index < -0.39 is 5.97 Å². The number of carbonyl (C=O) groups excluding carboxylic acids is 2. The number of carbonyl (C=O) groups is 2. The maximum absolute atomic E-state index is 12.9. The number of benzene rings is 1. The van der Waals surface area contributed by atoms with E-state index in [2.05, 4.69) is 18.2 Å². The summed E-state index contributed by atoms with van der Waals surface area (Å²) in [6, 6.07) is 1.90. The van der Waals surface area contributed by atoms with Gasteiger partial charge in [-0.05, 0) is 74.6 Å². The van der Waals surface area contributed by atoms with E-state index in [0.29, 0.717) is 47.2 Å². The van der Waals surface area contributed by atoms with Crippen LogP contribution >= 0.6 is 11.6 Å². The molecular weight excluding hydrogens is 452 g/mol. The topological polar surface area (TPSA) is 68.2 Å². The molecule has 2 heterocycles. The van der Waals surface area contributed by atoms with Gasteiger partial charge in [-0.2, -0.15) is 0 Å². The molecule has 0 radical (unpaired) electrons. The summed E-state index contributed by atoms with van der Waals surface area (Å²) < 4.78 is 5.52. The monoisotopic (exact) mass is 486 g/mol. The van der Waals surface area contributed by atoms with Crippen molar-refractivity contribution in [2.75, 3.05) is 26.3 Å². The van der Waals surface area contributed by atoms with E-state index in [4.69, 9.17) is 21.2 Å². The number of cyclic esters (lactones) is 1. The third-order valence-corrected chi connectivity index (χ3v) is 6.83. The van der Waals surface area contributed by atoms with Gasteiger partial charge in [0.2, 0.25) is 0 Å². The summed E-state index contributed by atoms with van der Waals surface area (Å²) in [5.74, 6) is 0.205. The van der Waals surface area contributed by atoms with E-state index in [0.717, 1.165) is 49.9 Å². The summed E-state index contributed by atoms with van der Waals surface area (Å²) in [5, 5.41) is 4.80. The van der Waals surface area contributed by atoms with Crippen molar-refractivity contribution in [3.05, 3.63) is 57.6 Å². The van der Waals surface area contributed by atoms with Crippen LogP contribution in [0.25, 0.3) is 0 Å². The Kier molecular flexibility index (Phi) is 9.75. The molecule has 0 bridgehead atoms. The minimum Gasteiger partial charge on any atom is -0.462 e. The van der Waals surface area contributed by atoms with Gasteiger partial charge in [-0.3, -0.25) is 4.79 Å². The summed E-state index contributed by atoms with van der Waals surface area (Å²) in [4.78, 5) is 32.8. The largest absolute Gasteiger partial charge is 0.462 e. The van der Waals surface area contributed by atoms with Crippen LogP contribution in [0.4, 0.5) is 0 Å². The van der Waals surface area contributed by atoms with Crippen molar-refractivity contribution >= 4 is 29.2 Å². The molecule has 1 aromatic carbocycles. The molecule has 7 heteroatoms. The van der Waals surface area contributed by atoms with Gasteiger partial charge in [-0.1, -0.05) is 48.0 Å². The number of amides is 1. The SMILES string of the molecule is Cc1cc(C)c2c(c1Cl)CC(=N\OCC(=O)N1CCC(C)CC1)/C=C/CC/C=C/CCOC2=O. The number of aryl methyl sites for hydroxylation is 2. The lowest BCUT2D eigenvalue weighted by atomic mass is 9.94. The highest BCUT2D eigenvalue weighted by Crippen LogP contribution is 2.29. The lowest BCUT2D eigenvalue weighted by Crippen LogP contribution is -2.39. The molecule has 0 aromatic heterocycles. The average Bonchev–Trinajstić information content (AvgIpc) is 2.80. The average molecular weight is 487 g/mol. The van der Waals surface area contributed by atoms with Crippen LogP contribution in [-0.4, -0.2) is 48.8 Å². The van der Waals surface area contributed by atoms with Gasteiger partial charge in [0.25, 0.3) is 5.91 Å². The Labute approximate surface area is 207 Å². The lowest BCUT2D eigenvalue weighted by Gasteiger charge is -2.29. The molecule has 1 amide bonds. The van der Waals surface area contributed by atoms with Crippen molar-refractivity contribution in [3.63, 3.8) is 0 Å². The zero-order chi connectivity index (χ0) is 24.5. The summed E-state index contributed by atoms with van der Waals surface area (Å²) in [6.45, 7) is 7.74. The molecule has 0 atom stereocenters. The van der Waals surface area contributed by atoms with Gasteiger partial charge >= 0.3 is 5.97 Å². The van der Waals surface area contributed by atoms with Crippen LogP contribution in [0.15, 0.2) is 35.5 Å². The Bertz CT molecular complexity index is 975. The smallest absolute Gasteiger partial charge is 0.338 e. The van der Waals surface area contributed by atoms with Gasteiger partial charge in [-0.25, -0.2) is 4.79 Å². The Hall–Kier alpha value is -2.60. The molecule has 2 aliphatic heterocycles. The van der Waals surface area contributed by atoms with E-state index >= 15 is 0 Å². The number of halogens is 1. The van der Waals surface area contributed by atoms with Gasteiger partial charge in [0.1, 0.15) is 0 Å². The van der Waals surface area contributed by atoms with Gasteiger partial charge in [0.05, 0.1) is 17.9 Å². The standard InChI is InChI=1S/C27H35ClN2O4/c1-19-11-13-30(14-12-19)24(31)18-34-29-22-10-8-6-4-5-7-9-15-33-27(32)25-20(2)16-21(3)26(28)23(25)17-22/h5,7-8,10,16,19H,4,6,9,11-15,17-18H2,1-3H3/b7-5+,10-8+,29-22-. The molecule has 1 saturated heterocycles. The molecule has 6 nitrogen and oxygen atoms in total. The van der Waals surface area contributed by atoms with E-state index in [1.165, 1.54) is 0 Å². The quantitative estimate of drug-likeness (QED) is 0.317. The van der Waals surface area contributed by atoms with E-state index in [-0.39, 0.29) is 12.5 Å². The van der Waals surface area contributed by atoms with Crippen LogP contribution < -0.4 is 0 Å². The fraction of sp³-hybridized carbons (Fsp3) is 0.519. The summed E-state index contributed by atoms with van der Waals surface area (Å²) >= 11 is 6.66. The molecular formula is C27H35ClN2O4. The van der Waals surface area contributed by atoms with Crippen molar-refractivity contribution in [1.29, 1.82) is 0 Å². The molecule has 0 saturated carbocycles. The highest BCUT2D eigenvalue weighted by atomic mass is 35.5. The van der Waals surface area contributed by atoms with Crippen molar-refractivity contribution in [3.8, 4) is 0 Å². The van der Waals surface area contributed by atoms with Crippen LogP contribution in [0.5, 0.6) is 0 Å². The summed E-state index contributed by atoms with van der Waals surface area (Å²) in [6.07, 6.45) is 12.7. The van der Waals surface area contributed by atoms with Gasteiger partial charge < -0.3 is 14.5 Å². The number of nitrogens with zero attached hydrogens (tertiary/aromatic N) is 2. The maximum Gasteiger partial charge on any atom is 0.338 e. The maximum atomic E-state index is 12.9. The second-order valence-electron chi connectivity index (χ2n) is 9.15. The number of allylic oxidation sites excluding steroid dienone is 3. The molecule has 1 fully saturated rings. The van der Waals surface area contributed by atoms with Crippen LogP contribution in [0.1, 0.15) is 66.1 Å². The Balaban J connectivity index is 1.83. The third kappa shape index (κ3) is 7.20. The highest BCUT2D eigenvalue weighted by Gasteiger charge is 2.23. The van der Waals surface area contributed by atoms with E-state index in [9.17, 15) is 9.59 Å². The Morgan fingerprint density at radius 3 is 2.62 bits per heavy atom. The first kappa shape index (κ1) is 26.0. The van der Waals surface area contributed by atoms with E-state index in [1.54, 1.807) is 0 Å². The molecule has 3 rings (SSSR count). The zero-order valence-corrected chi connectivity index (χ0v) is 21.2. The second kappa shape index (κ2) is 12.7. The fourth-order valence-corrected chi connectivity index (χ4v) is 4.47. The number of esters is 1. The first-order valence-electron chi connectivity index (χ1n) is 12.1. The lowest BCUT2D eigenvalue weighted by molar-refractivity contribution is -0.137. The van der Waals surface area contributed by atoms with Crippen LogP contribution in [-0.2, 0) is 20.8 Å². The number of fused-ring (bicyclic) bond motifs is 1. The number of rotatable bonds is 3. The molecule has 0 unspecified atom stereocenters. The third-order valence-electron chi connectivity index (χ3n) is 6.30. The predicted octanol–water partition coefficient (Wildman–Crippen LogP) is 5.58. The van der Waals surface area contributed by atoms with Gasteiger partial charge in [0.15, 0.2) is 6.61 Å². The number of piperidine rings is 1. The van der Waals surface area contributed by atoms with E-state index in [1.807, 2.05) is 43.0 Å². The fourth-order valence-electron chi connectivity index (χ4n) is 4.26. The number of likely N-dealkylation sites (tertiary alicyclic amines) is 1. The first-order valence-corrected chi connectivity index (χ1v) is 12.5. The number of hydrogen-bond acceptors (Lipinski definition) is 5. The van der Waals surface area contributed by atoms with Gasteiger partial charge in [-0.15, -0.1) is 0 Å². The minimum atomic E-state index is -0.390. The van der Waals surface area contributed by atoms with Crippen LogP contribution in [0.2, 0.25) is 5.02 Å². The van der Waals surface area contributed by atoms with Crippen molar-refractivity contribution in [2.24, 2.45) is 11.1 Å². The highest BCUT2D eigenvalue weighted by molar-refractivity contribution is 6.33. The molecule has 0 aliphatic carbocycles. The summed E-state index contributed by atoms with van der Waals surface area (Å²) in [7, 11) is 0. The summed E-state index contributed by atoms with van der Waals surface area (Å²) in [5.41, 5.74) is 3.43. The second-order valence-corrected chi connectivity index (χ2v) is 9.53. The van der Waals surface area contributed by atoms with Gasteiger partial charge in [0, 0.05) is 24.5 Å². The van der Waals surface area contributed by atoms with Crippen molar-refractivity contribution < 1.29 is 19.2 Å². The first-order chi connectivity index (χ1) is 16.4. The van der Waals surface area contributed by atoms with Crippen molar-refractivity contribution in [1.82, 2.24) is 4.90 Å². The Morgan fingerprint density at radius 1 is 1.15 bits per heavy atom. The minimum absolute atomic E-state index is 0.0556. The molecule has 34 heavy (non-hydrogen) atoms. The van der Waals surface area contributed by atoms with Crippen LogP contribution in [0, 0.1) is 19.8 Å². The number of oxime groups is 1. The van der Waals surface area contributed by atoms with Crippen LogP contribution in [0.3, 0.4) is 0 Å². The van der Waals surface area contributed by atoms with Crippen molar-refractivity contribution in [2.45, 2.75) is 59.3 Å². The Morgan fingerprint density at radius 2 is 1.85 bits per heavy atom. The predicted molar refractivity (Wildman–Crippen MR) is 135 cm³/mol. The molecule has 2 aliphatic rings. The normalized spacial score (nSPS) is 21.4.